The van der Waals surface area contributed by atoms with Crippen LogP contribution in [0.4, 0.5) is 10.5 Å². The van der Waals surface area contributed by atoms with Gasteiger partial charge in [-0.05, 0) is 54.4 Å². The summed E-state index contributed by atoms with van der Waals surface area (Å²) in [5.41, 5.74) is 6.83. The van der Waals surface area contributed by atoms with Crippen LogP contribution in [0.1, 0.15) is 26.3 Å². The summed E-state index contributed by atoms with van der Waals surface area (Å²) in [7, 11) is 0. The van der Waals surface area contributed by atoms with Crippen LogP contribution in [0, 0.1) is 0 Å². The molecule has 17 heavy (non-hydrogen) atoms. The van der Waals surface area contributed by atoms with Gasteiger partial charge in [-0.25, -0.2) is 4.79 Å². The van der Waals surface area contributed by atoms with E-state index in [1.807, 2.05) is 32.9 Å². The maximum atomic E-state index is 11.4. The number of anilines is 1. The van der Waals surface area contributed by atoms with E-state index in [0.29, 0.717) is 12.2 Å². The molecule has 0 saturated carbocycles. The van der Waals surface area contributed by atoms with Gasteiger partial charge in [0.25, 0.3) is 0 Å². The number of alkyl carbamates (subject to hydrolysis) is 1. The molecule has 0 fully saturated rings. The van der Waals surface area contributed by atoms with E-state index in [0.717, 1.165) is 10.0 Å². The summed E-state index contributed by atoms with van der Waals surface area (Å²) in [6.07, 6.45) is -0.431. The monoisotopic (exact) mass is 300 g/mol. The molecule has 0 saturated heterocycles. The van der Waals surface area contributed by atoms with E-state index >= 15 is 0 Å². The van der Waals surface area contributed by atoms with Crippen molar-refractivity contribution in [1.82, 2.24) is 5.32 Å². The minimum atomic E-state index is -0.483. The molecule has 0 spiro atoms. The second-order valence-electron chi connectivity index (χ2n) is 4.71. The molecule has 1 aromatic rings. The summed E-state index contributed by atoms with van der Waals surface area (Å²) >= 11 is 3.31. The van der Waals surface area contributed by atoms with Gasteiger partial charge in [-0.15, -0.1) is 0 Å². The van der Waals surface area contributed by atoms with Crippen LogP contribution in [-0.2, 0) is 11.3 Å². The van der Waals surface area contributed by atoms with Crippen molar-refractivity contribution in [2.45, 2.75) is 32.9 Å². The Balaban J connectivity index is 2.50. The number of carbonyl (C=O) groups is 1. The average molecular weight is 301 g/mol. The summed E-state index contributed by atoms with van der Waals surface area (Å²) in [6.45, 7) is 5.87. The van der Waals surface area contributed by atoms with Gasteiger partial charge in [0.2, 0.25) is 0 Å². The van der Waals surface area contributed by atoms with E-state index in [9.17, 15) is 4.79 Å². The highest BCUT2D eigenvalue weighted by atomic mass is 79.9. The Kier molecular flexibility index (Phi) is 4.40. The lowest BCUT2D eigenvalue weighted by molar-refractivity contribution is 0.0523. The lowest BCUT2D eigenvalue weighted by Gasteiger charge is -2.19. The van der Waals surface area contributed by atoms with Gasteiger partial charge in [0, 0.05) is 16.7 Å². The summed E-state index contributed by atoms with van der Waals surface area (Å²) in [5.74, 6) is 0. The maximum absolute atomic E-state index is 11.4. The Morgan fingerprint density at radius 1 is 1.47 bits per heavy atom. The molecule has 94 valence electrons. The van der Waals surface area contributed by atoms with E-state index < -0.39 is 11.7 Å². The summed E-state index contributed by atoms with van der Waals surface area (Å²) in [6, 6.07) is 5.54. The minimum absolute atomic E-state index is 0.395. The zero-order chi connectivity index (χ0) is 13.1. The second-order valence-corrected chi connectivity index (χ2v) is 5.57. The number of hydrogen-bond donors (Lipinski definition) is 2. The molecule has 1 amide bonds. The molecule has 0 heterocycles. The Morgan fingerprint density at radius 3 is 2.65 bits per heavy atom. The van der Waals surface area contributed by atoms with Gasteiger partial charge in [0.15, 0.2) is 0 Å². The van der Waals surface area contributed by atoms with Crippen LogP contribution in [0.3, 0.4) is 0 Å². The number of nitrogen functional groups attached to an aromatic ring is 1. The van der Waals surface area contributed by atoms with Crippen LogP contribution in [0.25, 0.3) is 0 Å². The Hall–Kier alpha value is -1.23. The molecule has 0 radical (unpaired) electrons. The van der Waals surface area contributed by atoms with Gasteiger partial charge in [-0.2, -0.15) is 0 Å². The zero-order valence-corrected chi connectivity index (χ0v) is 11.8. The average Bonchev–Trinajstić information content (AvgIpc) is 2.17. The number of carbonyl (C=O) groups excluding carboxylic acids is 1. The fraction of sp³-hybridized carbons (Fsp3) is 0.417. The number of benzene rings is 1. The van der Waals surface area contributed by atoms with Crippen molar-refractivity contribution in [3.05, 3.63) is 28.2 Å². The standard InChI is InChI=1S/C12H17BrN2O2/c1-12(2,3)17-11(16)15-7-8-4-5-9(13)10(14)6-8/h4-6H,7,14H2,1-3H3,(H,15,16). The molecule has 0 atom stereocenters. The highest BCUT2D eigenvalue weighted by molar-refractivity contribution is 9.10. The van der Waals surface area contributed by atoms with Gasteiger partial charge in [-0.3, -0.25) is 0 Å². The highest BCUT2D eigenvalue weighted by Gasteiger charge is 2.15. The minimum Gasteiger partial charge on any atom is -0.444 e. The normalized spacial score (nSPS) is 11.1. The molecule has 4 nitrogen and oxygen atoms in total. The molecule has 0 aliphatic heterocycles. The molecule has 0 aromatic heterocycles. The number of rotatable bonds is 2. The maximum Gasteiger partial charge on any atom is 0.407 e. The van der Waals surface area contributed by atoms with Crippen molar-refractivity contribution in [3.8, 4) is 0 Å². The van der Waals surface area contributed by atoms with Gasteiger partial charge in [0.05, 0.1) is 0 Å². The molecule has 1 rings (SSSR count). The van der Waals surface area contributed by atoms with Crippen molar-refractivity contribution in [3.63, 3.8) is 0 Å². The first-order chi connectivity index (χ1) is 7.78. The molecule has 0 bridgehead atoms. The van der Waals surface area contributed by atoms with E-state index in [2.05, 4.69) is 21.2 Å². The molecule has 5 heteroatoms. The van der Waals surface area contributed by atoms with Crippen molar-refractivity contribution in [1.29, 1.82) is 0 Å². The summed E-state index contributed by atoms with van der Waals surface area (Å²) in [4.78, 5) is 11.4. The molecule has 0 aliphatic rings. The largest absolute Gasteiger partial charge is 0.444 e. The Morgan fingerprint density at radius 2 is 2.12 bits per heavy atom. The first-order valence-electron chi connectivity index (χ1n) is 5.29. The SMILES string of the molecule is CC(C)(C)OC(=O)NCc1ccc(Br)c(N)c1. The van der Waals surface area contributed by atoms with E-state index in [-0.39, 0.29) is 0 Å². The van der Waals surface area contributed by atoms with Crippen molar-refractivity contribution >= 4 is 27.7 Å². The smallest absolute Gasteiger partial charge is 0.407 e. The van der Waals surface area contributed by atoms with Crippen molar-refractivity contribution in [2.24, 2.45) is 0 Å². The zero-order valence-electron chi connectivity index (χ0n) is 10.2. The van der Waals surface area contributed by atoms with Crippen LogP contribution < -0.4 is 11.1 Å². The number of nitrogens with one attached hydrogen (secondary N) is 1. The molecule has 0 aliphatic carbocycles. The predicted octanol–water partition coefficient (Wildman–Crippen LogP) is 3.06. The highest BCUT2D eigenvalue weighted by Crippen LogP contribution is 2.20. The Bertz CT molecular complexity index is 413. The lowest BCUT2D eigenvalue weighted by Crippen LogP contribution is -2.32. The van der Waals surface area contributed by atoms with Crippen LogP contribution in [0.2, 0.25) is 0 Å². The van der Waals surface area contributed by atoms with Crippen LogP contribution in [0.15, 0.2) is 22.7 Å². The molecule has 3 N–H and O–H groups in total. The van der Waals surface area contributed by atoms with E-state index in [1.165, 1.54) is 0 Å². The predicted molar refractivity (Wildman–Crippen MR) is 71.6 cm³/mol. The van der Waals surface area contributed by atoms with E-state index in [4.69, 9.17) is 10.5 Å². The van der Waals surface area contributed by atoms with Crippen molar-refractivity contribution in [2.75, 3.05) is 5.73 Å². The van der Waals surface area contributed by atoms with Crippen LogP contribution in [0.5, 0.6) is 0 Å². The molecular formula is C12H17BrN2O2. The van der Waals surface area contributed by atoms with Gasteiger partial charge < -0.3 is 15.8 Å². The number of ether oxygens (including phenoxy) is 1. The lowest BCUT2D eigenvalue weighted by atomic mass is 10.2. The number of nitrogens with two attached hydrogens (primary N) is 1. The topological polar surface area (TPSA) is 64.3 Å². The third-order valence-electron chi connectivity index (χ3n) is 1.90. The van der Waals surface area contributed by atoms with Gasteiger partial charge in [0.1, 0.15) is 5.60 Å². The van der Waals surface area contributed by atoms with Crippen LogP contribution in [-0.4, -0.2) is 11.7 Å². The van der Waals surface area contributed by atoms with E-state index in [1.54, 1.807) is 6.07 Å². The Labute approximate surface area is 110 Å². The third kappa shape index (κ3) is 5.08. The van der Waals surface area contributed by atoms with Crippen molar-refractivity contribution < 1.29 is 9.53 Å². The van der Waals surface area contributed by atoms with Gasteiger partial charge in [-0.1, -0.05) is 6.07 Å². The number of hydrogen-bond acceptors (Lipinski definition) is 3. The molecular weight excluding hydrogens is 284 g/mol. The third-order valence-corrected chi connectivity index (χ3v) is 2.62. The first kappa shape index (κ1) is 13.8. The summed E-state index contributed by atoms with van der Waals surface area (Å²) in [5, 5.41) is 2.67. The second kappa shape index (κ2) is 5.40. The quantitative estimate of drug-likeness (QED) is 0.825. The first-order valence-corrected chi connectivity index (χ1v) is 6.08. The fourth-order valence-corrected chi connectivity index (χ4v) is 1.44. The molecule has 1 aromatic carbocycles. The molecule has 0 unspecified atom stereocenters. The number of amides is 1. The summed E-state index contributed by atoms with van der Waals surface area (Å²) < 4.78 is 5.97. The fourth-order valence-electron chi connectivity index (χ4n) is 1.19. The van der Waals surface area contributed by atoms with Crippen LogP contribution >= 0.6 is 15.9 Å². The van der Waals surface area contributed by atoms with Gasteiger partial charge >= 0.3 is 6.09 Å². The number of halogens is 1.